The minimum absolute atomic E-state index is 0.0566. The maximum Gasteiger partial charge on any atom is 0.128 e. The van der Waals surface area contributed by atoms with Crippen LogP contribution in [0.4, 0.5) is 0 Å². The Bertz CT molecular complexity index is 612. The lowest BCUT2D eigenvalue weighted by Crippen LogP contribution is -2.21. The Labute approximate surface area is 104 Å². The van der Waals surface area contributed by atoms with Crippen LogP contribution in [-0.2, 0) is 0 Å². The van der Waals surface area contributed by atoms with Gasteiger partial charge in [-0.05, 0) is 36.4 Å². The van der Waals surface area contributed by atoms with Gasteiger partial charge in [0, 0.05) is 5.56 Å². The third kappa shape index (κ3) is 2.66. The van der Waals surface area contributed by atoms with Crippen molar-refractivity contribution in [3.63, 3.8) is 0 Å². The van der Waals surface area contributed by atoms with E-state index in [1.807, 2.05) is 6.07 Å². The summed E-state index contributed by atoms with van der Waals surface area (Å²) in [6, 6.07) is 14.6. The lowest BCUT2D eigenvalue weighted by molar-refractivity contribution is -0.255. The third-order valence-electron chi connectivity index (χ3n) is 2.29. The van der Waals surface area contributed by atoms with Crippen molar-refractivity contribution in [3.8, 4) is 17.6 Å². The van der Waals surface area contributed by atoms with Crippen LogP contribution in [0.15, 0.2) is 48.5 Å². The van der Waals surface area contributed by atoms with Crippen molar-refractivity contribution < 1.29 is 14.6 Å². The van der Waals surface area contributed by atoms with Crippen molar-refractivity contribution in [2.45, 2.75) is 0 Å². The zero-order chi connectivity index (χ0) is 13.0. The van der Waals surface area contributed by atoms with E-state index in [2.05, 4.69) is 0 Å². The fraction of sp³-hybridized carbons (Fsp3) is 0. The number of rotatable bonds is 3. The Balaban J connectivity index is 2.20. The molecule has 88 valence electrons. The van der Waals surface area contributed by atoms with Crippen LogP contribution >= 0.6 is 0 Å². The van der Waals surface area contributed by atoms with E-state index in [1.54, 1.807) is 36.4 Å². The van der Waals surface area contributed by atoms with Crippen LogP contribution in [0.5, 0.6) is 11.5 Å². The van der Waals surface area contributed by atoms with E-state index in [0.29, 0.717) is 17.1 Å². The second-order valence-electron chi connectivity index (χ2n) is 3.55. The molecule has 2 aromatic carbocycles. The molecule has 0 bridgehead atoms. The van der Waals surface area contributed by atoms with E-state index in [4.69, 9.17) is 10.00 Å². The molecule has 0 saturated carbocycles. The van der Waals surface area contributed by atoms with Crippen LogP contribution in [-0.4, -0.2) is 5.97 Å². The van der Waals surface area contributed by atoms with Crippen LogP contribution in [0.1, 0.15) is 15.9 Å². The molecule has 0 saturated heterocycles. The number of hydrogen-bond acceptors (Lipinski definition) is 4. The smallest absolute Gasteiger partial charge is 0.128 e. The molecule has 4 nitrogen and oxygen atoms in total. The van der Waals surface area contributed by atoms with Gasteiger partial charge < -0.3 is 14.6 Å². The van der Waals surface area contributed by atoms with E-state index in [9.17, 15) is 9.90 Å². The molecule has 0 aromatic heterocycles. The van der Waals surface area contributed by atoms with Gasteiger partial charge in [-0.15, -0.1) is 0 Å². The molecule has 18 heavy (non-hydrogen) atoms. The van der Waals surface area contributed by atoms with Gasteiger partial charge in [0.05, 0.1) is 17.6 Å². The number of ether oxygens (including phenoxy) is 1. The van der Waals surface area contributed by atoms with Crippen LogP contribution in [0.2, 0.25) is 0 Å². The van der Waals surface area contributed by atoms with Crippen molar-refractivity contribution >= 4 is 5.97 Å². The summed E-state index contributed by atoms with van der Waals surface area (Å²) < 4.78 is 5.47. The van der Waals surface area contributed by atoms with Gasteiger partial charge in [-0.1, -0.05) is 12.1 Å². The molecule has 0 heterocycles. The first-order valence-electron chi connectivity index (χ1n) is 5.18. The van der Waals surface area contributed by atoms with E-state index >= 15 is 0 Å². The number of carboxylic acids is 1. The molecule has 0 spiro atoms. The normalized spacial score (nSPS) is 9.50. The van der Waals surface area contributed by atoms with E-state index < -0.39 is 5.97 Å². The fourth-order valence-electron chi connectivity index (χ4n) is 1.42. The molecule has 0 aliphatic rings. The Kier molecular flexibility index (Phi) is 3.26. The highest BCUT2D eigenvalue weighted by molar-refractivity contribution is 5.86. The van der Waals surface area contributed by atoms with E-state index in [-0.39, 0.29) is 5.56 Å². The molecule has 0 aliphatic heterocycles. The van der Waals surface area contributed by atoms with E-state index in [0.717, 1.165) is 0 Å². The second-order valence-corrected chi connectivity index (χ2v) is 3.55. The van der Waals surface area contributed by atoms with Crippen LogP contribution < -0.4 is 9.84 Å². The number of carboxylic acid groups (broad SMARTS) is 1. The number of carbonyl (C=O) groups is 1. The maximum absolute atomic E-state index is 10.7. The molecule has 0 unspecified atom stereocenters. The molecule has 2 rings (SSSR count). The number of nitrogens with zero attached hydrogens (tertiary/aromatic N) is 1. The molecule has 0 N–H and O–H groups in total. The average Bonchev–Trinajstić information content (AvgIpc) is 2.40. The van der Waals surface area contributed by atoms with Crippen molar-refractivity contribution in [1.29, 1.82) is 5.26 Å². The predicted octanol–water partition coefficient (Wildman–Crippen LogP) is 1.71. The number of hydrogen-bond donors (Lipinski definition) is 0. The first kappa shape index (κ1) is 11.7. The predicted molar refractivity (Wildman–Crippen MR) is 62.0 cm³/mol. The highest BCUT2D eigenvalue weighted by atomic mass is 16.5. The largest absolute Gasteiger partial charge is 0.545 e. The number of carbonyl (C=O) groups excluding carboxylic acids is 1. The summed E-state index contributed by atoms with van der Waals surface area (Å²) >= 11 is 0. The van der Waals surface area contributed by atoms with Gasteiger partial charge in [-0.25, -0.2) is 0 Å². The lowest BCUT2D eigenvalue weighted by atomic mass is 10.2. The topological polar surface area (TPSA) is 73.1 Å². The van der Waals surface area contributed by atoms with Gasteiger partial charge in [0.25, 0.3) is 0 Å². The summed E-state index contributed by atoms with van der Waals surface area (Å²) in [6.07, 6.45) is 0. The summed E-state index contributed by atoms with van der Waals surface area (Å²) in [6.45, 7) is 0. The Morgan fingerprint density at radius 2 is 1.83 bits per heavy atom. The van der Waals surface area contributed by atoms with Crippen LogP contribution in [0.3, 0.4) is 0 Å². The monoisotopic (exact) mass is 238 g/mol. The highest BCUT2D eigenvalue weighted by Crippen LogP contribution is 2.22. The number of benzene rings is 2. The molecular formula is C14H8NO3-. The van der Waals surface area contributed by atoms with Crippen LogP contribution in [0, 0.1) is 11.3 Å². The number of nitriles is 1. The standard InChI is InChI=1S/C14H9NO3/c15-9-10-4-6-12(7-5-10)18-13-3-1-2-11(8-13)14(16)17/h1-8H,(H,16,17)/p-1. The molecule has 0 fully saturated rings. The molecule has 0 radical (unpaired) electrons. The molecule has 4 heteroatoms. The first-order chi connectivity index (χ1) is 8.69. The average molecular weight is 238 g/mol. The molecular weight excluding hydrogens is 230 g/mol. The van der Waals surface area contributed by atoms with Crippen molar-refractivity contribution in [1.82, 2.24) is 0 Å². The van der Waals surface area contributed by atoms with Crippen LogP contribution in [0.25, 0.3) is 0 Å². The zero-order valence-corrected chi connectivity index (χ0v) is 9.29. The molecule has 0 atom stereocenters. The summed E-state index contributed by atoms with van der Waals surface area (Å²) in [5, 5.41) is 19.3. The Morgan fingerprint density at radius 1 is 1.11 bits per heavy atom. The van der Waals surface area contributed by atoms with Gasteiger partial charge in [0.2, 0.25) is 0 Å². The lowest BCUT2D eigenvalue weighted by Gasteiger charge is -2.08. The van der Waals surface area contributed by atoms with Crippen molar-refractivity contribution in [3.05, 3.63) is 59.7 Å². The van der Waals surface area contributed by atoms with Crippen molar-refractivity contribution in [2.75, 3.05) is 0 Å². The quantitative estimate of drug-likeness (QED) is 0.815. The second kappa shape index (κ2) is 5.02. The summed E-state index contributed by atoms with van der Waals surface area (Å²) in [5.74, 6) is -0.314. The first-order valence-corrected chi connectivity index (χ1v) is 5.18. The van der Waals surface area contributed by atoms with Gasteiger partial charge >= 0.3 is 0 Å². The Morgan fingerprint density at radius 3 is 2.44 bits per heavy atom. The van der Waals surface area contributed by atoms with Gasteiger partial charge in [-0.2, -0.15) is 5.26 Å². The highest BCUT2D eigenvalue weighted by Gasteiger charge is 2.00. The minimum atomic E-state index is -1.25. The van der Waals surface area contributed by atoms with Crippen molar-refractivity contribution in [2.24, 2.45) is 0 Å². The molecule has 0 amide bonds. The number of aromatic carboxylic acids is 1. The fourth-order valence-corrected chi connectivity index (χ4v) is 1.42. The van der Waals surface area contributed by atoms with Gasteiger partial charge in [-0.3, -0.25) is 0 Å². The van der Waals surface area contributed by atoms with Gasteiger partial charge in [0.15, 0.2) is 0 Å². The summed E-state index contributed by atoms with van der Waals surface area (Å²) in [5.41, 5.74) is 0.590. The molecule has 0 aliphatic carbocycles. The van der Waals surface area contributed by atoms with E-state index in [1.165, 1.54) is 12.1 Å². The Hall–Kier alpha value is -2.80. The third-order valence-corrected chi connectivity index (χ3v) is 2.29. The maximum atomic E-state index is 10.7. The summed E-state index contributed by atoms with van der Waals surface area (Å²) in [7, 11) is 0. The summed E-state index contributed by atoms with van der Waals surface area (Å²) in [4.78, 5) is 10.7. The minimum Gasteiger partial charge on any atom is -0.545 e. The molecule has 2 aromatic rings. The zero-order valence-electron chi connectivity index (χ0n) is 9.29. The van der Waals surface area contributed by atoms with Gasteiger partial charge in [0.1, 0.15) is 11.5 Å². The SMILES string of the molecule is N#Cc1ccc(Oc2cccc(C(=O)[O-])c2)cc1.